The Morgan fingerprint density at radius 1 is 1.40 bits per heavy atom. The first-order valence-corrected chi connectivity index (χ1v) is 6.29. The van der Waals surface area contributed by atoms with E-state index < -0.39 is 5.97 Å². The molecule has 0 bridgehead atoms. The summed E-state index contributed by atoms with van der Waals surface area (Å²) < 4.78 is 0. The Bertz CT molecular complexity index is 679. The number of nitrogens with zero attached hydrogens (tertiary/aromatic N) is 1. The molecular formula is C14H15N3O3. The summed E-state index contributed by atoms with van der Waals surface area (Å²) in [6, 6.07) is 7.77. The summed E-state index contributed by atoms with van der Waals surface area (Å²) in [7, 11) is 0. The lowest BCUT2D eigenvalue weighted by Crippen LogP contribution is -2.12. The number of aryl methyl sites for hydroxylation is 1. The molecule has 0 aliphatic rings. The summed E-state index contributed by atoms with van der Waals surface area (Å²) >= 11 is 0. The van der Waals surface area contributed by atoms with E-state index in [1.165, 1.54) is 18.2 Å². The molecule has 104 valence electrons. The number of aromatic nitrogens is 2. The van der Waals surface area contributed by atoms with Gasteiger partial charge in [-0.2, -0.15) is 0 Å². The fourth-order valence-corrected chi connectivity index (χ4v) is 1.82. The van der Waals surface area contributed by atoms with Gasteiger partial charge in [0.15, 0.2) is 0 Å². The molecule has 2 rings (SSSR count). The highest BCUT2D eigenvalue weighted by Crippen LogP contribution is 2.14. The van der Waals surface area contributed by atoms with Crippen LogP contribution in [0, 0.1) is 0 Å². The molecule has 1 aromatic heterocycles. The van der Waals surface area contributed by atoms with Crippen LogP contribution >= 0.6 is 0 Å². The van der Waals surface area contributed by atoms with Crippen LogP contribution in [0.25, 0.3) is 0 Å². The molecule has 1 aromatic carbocycles. The SMILES string of the molecule is CCCc1cc(=O)[nH]c(Nc2cccc(C(=O)O)c2)n1. The lowest BCUT2D eigenvalue weighted by Gasteiger charge is -2.07. The highest BCUT2D eigenvalue weighted by atomic mass is 16.4. The number of benzene rings is 1. The second kappa shape index (κ2) is 6.01. The van der Waals surface area contributed by atoms with Gasteiger partial charge in [0, 0.05) is 17.4 Å². The van der Waals surface area contributed by atoms with Gasteiger partial charge in [-0.25, -0.2) is 9.78 Å². The highest BCUT2D eigenvalue weighted by molar-refractivity contribution is 5.88. The zero-order valence-electron chi connectivity index (χ0n) is 11.0. The van der Waals surface area contributed by atoms with E-state index in [1.807, 2.05) is 6.92 Å². The summed E-state index contributed by atoms with van der Waals surface area (Å²) in [5, 5.41) is 11.8. The second-order valence-electron chi connectivity index (χ2n) is 4.35. The smallest absolute Gasteiger partial charge is 0.335 e. The lowest BCUT2D eigenvalue weighted by atomic mass is 10.2. The fourth-order valence-electron chi connectivity index (χ4n) is 1.82. The Labute approximate surface area is 115 Å². The van der Waals surface area contributed by atoms with E-state index in [9.17, 15) is 9.59 Å². The minimum Gasteiger partial charge on any atom is -0.478 e. The maximum atomic E-state index is 11.5. The van der Waals surface area contributed by atoms with Gasteiger partial charge in [-0.05, 0) is 24.6 Å². The molecule has 0 aliphatic heterocycles. The topological polar surface area (TPSA) is 95.1 Å². The summed E-state index contributed by atoms with van der Waals surface area (Å²) in [5.41, 5.74) is 1.19. The zero-order valence-corrected chi connectivity index (χ0v) is 11.0. The van der Waals surface area contributed by atoms with Gasteiger partial charge in [0.2, 0.25) is 5.95 Å². The predicted octanol–water partition coefficient (Wildman–Crippen LogP) is 2.16. The summed E-state index contributed by atoms with van der Waals surface area (Å²) in [6.07, 6.45) is 1.61. The molecule has 0 radical (unpaired) electrons. The number of nitrogens with one attached hydrogen (secondary N) is 2. The minimum atomic E-state index is -1.00. The third-order valence-electron chi connectivity index (χ3n) is 2.67. The first-order valence-electron chi connectivity index (χ1n) is 6.29. The van der Waals surface area contributed by atoms with Gasteiger partial charge in [-0.3, -0.25) is 9.78 Å². The van der Waals surface area contributed by atoms with Crippen molar-refractivity contribution in [3.8, 4) is 0 Å². The molecule has 6 nitrogen and oxygen atoms in total. The average Bonchev–Trinajstić information content (AvgIpc) is 2.38. The van der Waals surface area contributed by atoms with Crippen molar-refractivity contribution in [3.63, 3.8) is 0 Å². The fraction of sp³-hybridized carbons (Fsp3) is 0.214. The molecular weight excluding hydrogens is 258 g/mol. The third kappa shape index (κ3) is 3.44. The van der Waals surface area contributed by atoms with Crippen LogP contribution in [0.3, 0.4) is 0 Å². The maximum absolute atomic E-state index is 11.5. The van der Waals surface area contributed by atoms with Crippen LogP contribution in [0.5, 0.6) is 0 Å². The largest absolute Gasteiger partial charge is 0.478 e. The monoisotopic (exact) mass is 273 g/mol. The Morgan fingerprint density at radius 2 is 2.20 bits per heavy atom. The first kappa shape index (κ1) is 13.8. The molecule has 0 saturated carbocycles. The van der Waals surface area contributed by atoms with Crippen LogP contribution in [0.2, 0.25) is 0 Å². The van der Waals surface area contributed by atoms with Crippen LogP contribution in [-0.2, 0) is 6.42 Å². The highest BCUT2D eigenvalue weighted by Gasteiger charge is 2.05. The number of carboxylic acids is 1. The Balaban J connectivity index is 2.27. The van der Waals surface area contributed by atoms with Crippen LogP contribution in [0.1, 0.15) is 29.4 Å². The van der Waals surface area contributed by atoms with Crippen molar-refractivity contribution in [2.75, 3.05) is 5.32 Å². The van der Waals surface area contributed by atoms with Crippen molar-refractivity contribution in [1.29, 1.82) is 0 Å². The average molecular weight is 273 g/mol. The van der Waals surface area contributed by atoms with Crippen molar-refractivity contribution in [1.82, 2.24) is 9.97 Å². The summed E-state index contributed by atoms with van der Waals surface area (Å²) in [4.78, 5) is 29.3. The first-order chi connectivity index (χ1) is 9.58. The molecule has 6 heteroatoms. The Hall–Kier alpha value is -2.63. The molecule has 0 amide bonds. The molecule has 20 heavy (non-hydrogen) atoms. The van der Waals surface area contributed by atoms with Crippen LogP contribution in [-0.4, -0.2) is 21.0 Å². The van der Waals surface area contributed by atoms with Crippen molar-refractivity contribution in [2.24, 2.45) is 0 Å². The predicted molar refractivity (Wildman–Crippen MR) is 75.5 cm³/mol. The molecule has 0 unspecified atom stereocenters. The van der Waals surface area contributed by atoms with E-state index in [0.717, 1.165) is 6.42 Å². The van der Waals surface area contributed by atoms with E-state index in [2.05, 4.69) is 15.3 Å². The van der Waals surface area contributed by atoms with Gasteiger partial charge < -0.3 is 10.4 Å². The zero-order chi connectivity index (χ0) is 14.5. The van der Waals surface area contributed by atoms with Gasteiger partial charge >= 0.3 is 5.97 Å². The Morgan fingerprint density at radius 3 is 2.90 bits per heavy atom. The minimum absolute atomic E-state index is 0.169. The molecule has 2 aromatic rings. The number of carboxylic acid groups (broad SMARTS) is 1. The molecule has 3 N–H and O–H groups in total. The number of hydrogen-bond acceptors (Lipinski definition) is 4. The molecule has 0 fully saturated rings. The summed E-state index contributed by atoms with van der Waals surface area (Å²) in [5.74, 6) is -0.696. The quantitative estimate of drug-likeness (QED) is 0.776. The van der Waals surface area contributed by atoms with E-state index >= 15 is 0 Å². The maximum Gasteiger partial charge on any atom is 0.335 e. The van der Waals surface area contributed by atoms with Crippen LogP contribution < -0.4 is 10.9 Å². The number of anilines is 2. The van der Waals surface area contributed by atoms with Crippen LogP contribution in [0.4, 0.5) is 11.6 Å². The van der Waals surface area contributed by atoms with E-state index in [0.29, 0.717) is 23.8 Å². The van der Waals surface area contributed by atoms with Crippen molar-refractivity contribution < 1.29 is 9.90 Å². The number of aromatic carboxylic acids is 1. The van der Waals surface area contributed by atoms with Gasteiger partial charge in [-0.15, -0.1) is 0 Å². The molecule has 1 heterocycles. The number of aromatic amines is 1. The van der Waals surface area contributed by atoms with Crippen molar-refractivity contribution in [3.05, 3.63) is 51.9 Å². The van der Waals surface area contributed by atoms with Crippen LogP contribution in [0.15, 0.2) is 35.1 Å². The molecule has 0 atom stereocenters. The van der Waals surface area contributed by atoms with E-state index in [4.69, 9.17) is 5.11 Å². The second-order valence-corrected chi connectivity index (χ2v) is 4.35. The third-order valence-corrected chi connectivity index (χ3v) is 2.67. The van der Waals surface area contributed by atoms with Gasteiger partial charge in [-0.1, -0.05) is 19.4 Å². The molecule has 0 saturated heterocycles. The summed E-state index contributed by atoms with van der Waals surface area (Å²) in [6.45, 7) is 2.01. The molecule has 0 spiro atoms. The van der Waals surface area contributed by atoms with Gasteiger partial charge in [0.25, 0.3) is 5.56 Å². The number of H-pyrrole nitrogens is 1. The molecule has 0 aliphatic carbocycles. The van der Waals surface area contributed by atoms with E-state index in [-0.39, 0.29) is 11.1 Å². The van der Waals surface area contributed by atoms with E-state index in [1.54, 1.807) is 12.1 Å². The van der Waals surface area contributed by atoms with Gasteiger partial charge in [0.05, 0.1) is 5.56 Å². The number of rotatable bonds is 5. The standard InChI is InChI=1S/C14H15N3O3/c1-2-4-10-8-12(18)17-14(15-10)16-11-6-3-5-9(7-11)13(19)20/h3,5-8H,2,4H2,1H3,(H,19,20)(H2,15,16,17,18). The number of hydrogen-bond donors (Lipinski definition) is 3. The van der Waals surface area contributed by atoms with Crippen molar-refractivity contribution >= 4 is 17.6 Å². The Kier molecular flexibility index (Phi) is 4.14. The number of carbonyl (C=O) groups is 1. The van der Waals surface area contributed by atoms with Crippen molar-refractivity contribution in [2.45, 2.75) is 19.8 Å². The van der Waals surface area contributed by atoms with Gasteiger partial charge in [0.1, 0.15) is 0 Å². The normalized spacial score (nSPS) is 10.2. The lowest BCUT2D eigenvalue weighted by molar-refractivity contribution is 0.0697.